The van der Waals surface area contributed by atoms with Gasteiger partial charge in [0.25, 0.3) is 5.69 Å². The van der Waals surface area contributed by atoms with Crippen LogP contribution in [0.3, 0.4) is 0 Å². The number of benzene rings is 1. The van der Waals surface area contributed by atoms with Gasteiger partial charge in [-0.25, -0.2) is 5.84 Å². The SMILES string of the molecule is NNc1cc([N+](=O)[O-])cc(Oc2ccc3c(c2)CCC3)n1. The first kappa shape index (κ1) is 13.3. The summed E-state index contributed by atoms with van der Waals surface area (Å²) in [5, 5.41) is 10.9. The number of fused-ring (bicyclic) bond motifs is 1. The van der Waals surface area contributed by atoms with E-state index in [1.807, 2.05) is 18.2 Å². The average molecular weight is 286 g/mol. The van der Waals surface area contributed by atoms with Gasteiger partial charge in [-0.2, -0.15) is 4.98 Å². The van der Waals surface area contributed by atoms with Crippen LogP contribution < -0.4 is 16.0 Å². The molecule has 0 aliphatic heterocycles. The Kier molecular flexibility index (Phi) is 3.41. The van der Waals surface area contributed by atoms with E-state index in [9.17, 15) is 10.1 Å². The molecule has 3 N–H and O–H groups in total. The summed E-state index contributed by atoms with van der Waals surface area (Å²) in [6.45, 7) is 0. The molecule has 0 fully saturated rings. The van der Waals surface area contributed by atoms with Gasteiger partial charge in [-0.3, -0.25) is 10.1 Å². The number of pyridine rings is 1. The van der Waals surface area contributed by atoms with Crippen LogP contribution >= 0.6 is 0 Å². The molecule has 0 spiro atoms. The van der Waals surface area contributed by atoms with Crippen molar-refractivity contribution in [3.8, 4) is 11.6 Å². The van der Waals surface area contributed by atoms with Crippen molar-refractivity contribution in [3.63, 3.8) is 0 Å². The summed E-state index contributed by atoms with van der Waals surface area (Å²) in [4.78, 5) is 14.4. The lowest BCUT2D eigenvalue weighted by molar-refractivity contribution is -0.384. The van der Waals surface area contributed by atoms with Crippen LogP contribution in [0.4, 0.5) is 11.5 Å². The number of nitrogen functional groups attached to an aromatic ring is 1. The van der Waals surface area contributed by atoms with Gasteiger partial charge >= 0.3 is 0 Å². The van der Waals surface area contributed by atoms with Crippen molar-refractivity contribution in [2.75, 3.05) is 5.43 Å². The zero-order valence-corrected chi connectivity index (χ0v) is 11.2. The van der Waals surface area contributed by atoms with E-state index in [1.54, 1.807) is 0 Å². The first-order chi connectivity index (χ1) is 10.2. The topological polar surface area (TPSA) is 103 Å². The number of nitrogens with one attached hydrogen (secondary N) is 1. The van der Waals surface area contributed by atoms with Crippen LogP contribution in [-0.2, 0) is 12.8 Å². The van der Waals surface area contributed by atoms with Crippen molar-refractivity contribution in [1.29, 1.82) is 0 Å². The molecule has 1 aromatic carbocycles. The molecule has 1 aliphatic rings. The fraction of sp³-hybridized carbons (Fsp3) is 0.214. The molecule has 3 rings (SSSR count). The lowest BCUT2D eigenvalue weighted by Gasteiger charge is -2.08. The van der Waals surface area contributed by atoms with Gasteiger partial charge in [0.1, 0.15) is 5.75 Å². The number of ether oxygens (including phenoxy) is 1. The van der Waals surface area contributed by atoms with Gasteiger partial charge in [0.2, 0.25) is 5.88 Å². The average Bonchev–Trinajstić information content (AvgIpc) is 2.94. The van der Waals surface area contributed by atoms with Gasteiger partial charge in [-0.15, -0.1) is 0 Å². The van der Waals surface area contributed by atoms with Gasteiger partial charge in [-0.05, 0) is 42.5 Å². The van der Waals surface area contributed by atoms with Crippen LogP contribution in [0.2, 0.25) is 0 Å². The van der Waals surface area contributed by atoms with E-state index in [0.717, 1.165) is 19.3 Å². The van der Waals surface area contributed by atoms with E-state index >= 15 is 0 Å². The summed E-state index contributed by atoms with van der Waals surface area (Å²) in [7, 11) is 0. The van der Waals surface area contributed by atoms with Gasteiger partial charge in [-0.1, -0.05) is 6.07 Å². The third-order valence-corrected chi connectivity index (χ3v) is 3.44. The van der Waals surface area contributed by atoms with Crippen LogP contribution in [0.5, 0.6) is 11.6 Å². The summed E-state index contributed by atoms with van der Waals surface area (Å²) in [6, 6.07) is 8.35. The molecular weight excluding hydrogens is 272 g/mol. The second-order valence-corrected chi connectivity index (χ2v) is 4.84. The summed E-state index contributed by atoms with van der Waals surface area (Å²) in [5.41, 5.74) is 4.76. The number of hydrogen-bond acceptors (Lipinski definition) is 6. The summed E-state index contributed by atoms with van der Waals surface area (Å²) < 4.78 is 5.63. The normalized spacial score (nSPS) is 12.8. The van der Waals surface area contributed by atoms with Crippen LogP contribution in [0.25, 0.3) is 0 Å². The van der Waals surface area contributed by atoms with Crippen molar-refractivity contribution in [1.82, 2.24) is 4.98 Å². The molecule has 0 bridgehead atoms. The predicted molar refractivity (Wildman–Crippen MR) is 77.2 cm³/mol. The maximum absolute atomic E-state index is 10.9. The molecule has 1 aromatic heterocycles. The molecule has 0 unspecified atom stereocenters. The van der Waals surface area contributed by atoms with Crippen LogP contribution in [0, 0.1) is 10.1 Å². The minimum atomic E-state index is -0.516. The lowest BCUT2D eigenvalue weighted by Crippen LogP contribution is -2.09. The summed E-state index contributed by atoms with van der Waals surface area (Å²) in [6.07, 6.45) is 3.27. The van der Waals surface area contributed by atoms with Crippen molar-refractivity contribution < 1.29 is 9.66 Å². The molecule has 7 heteroatoms. The summed E-state index contributed by atoms with van der Waals surface area (Å²) in [5.74, 6) is 6.20. The minimum absolute atomic E-state index is 0.130. The number of aryl methyl sites for hydroxylation is 2. The highest BCUT2D eigenvalue weighted by Gasteiger charge is 2.14. The van der Waals surface area contributed by atoms with Crippen molar-refractivity contribution in [3.05, 3.63) is 51.6 Å². The molecule has 108 valence electrons. The fourth-order valence-electron chi connectivity index (χ4n) is 2.46. The molecule has 0 amide bonds. The number of rotatable bonds is 4. The highest BCUT2D eigenvalue weighted by Crippen LogP contribution is 2.30. The van der Waals surface area contributed by atoms with Crippen LogP contribution in [0.15, 0.2) is 30.3 Å². The number of nitro groups is 1. The number of aromatic nitrogens is 1. The van der Waals surface area contributed by atoms with Crippen LogP contribution in [-0.4, -0.2) is 9.91 Å². The Bertz CT molecular complexity index is 703. The fourth-order valence-corrected chi connectivity index (χ4v) is 2.46. The maximum atomic E-state index is 10.9. The van der Waals surface area contributed by atoms with E-state index in [2.05, 4.69) is 10.4 Å². The molecule has 21 heavy (non-hydrogen) atoms. The summed E-state index contributed by atoms with van der Waals surface area (Å²) >= 11 is 0. The van der Waals surface area contributed by atoms with Crippen molar-refractivity contribution in [2.24, 2.45) is 5.84 Å². The Balaban J connectivity index is 1.90. The Morgan fingerprint density at radius 3 is 2.81 bits per heavy atom. The lowest BCUT2D eigenvalue weighted by atomic mass is 10.1. The maximum Gasteiger partial charge on any atom is 0.278 e. The number of nitrogens with zero attached hydrogens (tertiary/aromatic N) is 2. The Labute approximate surface area is 120 Å². The van der Waals surface area contributed by atoms with Crippen molar-refractivity contribution in [2.45, 2.75) is 19.3 Å². The molecule has 0 saturated carbocycles. The Morgan fingerprint density at radius 1 is 1.24 bits per heavy atom. The molecule has 0 saturated heterocycles. The molecule has 2 aromatic rings. The quantitative estimate of drug-likeness (QED) is 0.508. The molecular formula is C14H14N4O3. The molecule has 1 aliphatic carbocycles. The number of nitrogens with two attached hydrogens (primary N) is 1. The largest absolute Gasteiger partial charge is 0.439 e. The molecule has 0 atom stereocenters. The Hall–Kier alpha value is -2.67. The number of anilines is 1. The molecule has 7 nitrogen and oxygen atoms in total. The highest BCUT2D eigenvalue weighted by molar-refractivity contribution is 5.49. The second-order valence-electron chi connectivity index (χ2n) is 4.84. The zero-order chi connectivity index (χ0) is 14.8. The van der Waals surface area contributed by atoms with Gasteiger partial charge in [0.05, 0.1) is 17.1 Å². The Morgan fingerprint density at radius 2 is 2.05 bits per heavy atom. The first-order valence-electron chi connectivity index (χ1n) is 6.58. The van der Waals surface area contributed by atoms with Crippen molar-refractivity contribution >= 4 is 11.5 Å². The van der Waals surface area contributed by atoms with E-state index < -0.39 is 4.92 Å². The highest BCUT2D eigenvalue weighted by atomic mass is 16.6. The smallest absolute Gasteiger partial charge is 0.278 e. The predicted octanol–water partition coefficient (Wildman–Crippen LogP) is 2.56. The monoisotopic (exact) mass is 286 g/mol. The van der Waals surface area contributed by atoms with E-state index in [-0.39, 0.29) is 17.4 Å². The van der Waals surface area contributed by atoms with Crippen LogP contribution in [0.1, 0.15) is 17.5 Å². The second kappa shape index (κ2) is 5.37. The van der Waals surface area contributed by atoms with E-state index in [4.69, 9.17) is 10.6 Å². The third-order valence-electron chi connectivity index (χ3n) is 3.44. The standard InChI is InChI=1S/C14H14N4O3/c15-17-13-7-11(18(19)20)8-14(16-13)21-12-5-4-9-2-1-3-10(9)6-12/h4-8H,1-3,15H2,(H,16,17). The van der Waals surface area contributed by atoms with Gasteiger partial charge < -0.3 is 10.2 Å². The van der Waals surface area contributed by atoms with Gasteiger partial charge in [0.15, 0.2) is 5.82 Å². The first-order valence-corrected chi connectivity index (χ1v) is 6.58. The minimum Gasteiger partial charge on any atom is -0.439 e. The molecule has 1 heterocycles. The number of hydrazine groups is 1. The molecule has 0 radical (unpaired) electrons. The number of hydrogen-bond donors (Lipinski definition) is 2. The van der Waals surface area contributed by atoms with Gasteiger partial charge in [0, 0.05) is 0 Å². The van der Waals surface area contributed by atoms with E-state index in [1.165, 1.54) is 23.3 Å². The third kappa shape index (κ3) is 2.77. The zero-order valence-electron chi connectivity index (χ0n) is 11.2. The van der Waals surface area contributed by atoms with E-state index in [0.29, 0.717) is 5.75 Å².